The van der Waals surface area contributed by atoms with E-state index in [0.29, 0.717) is 11.6 Å². The first-order valence-corrected chi connectivity index (χ1v) is 10.1. The number of nitrogens with zero attached hydrogens (tertiary/aromatic N) is 2. The lowest BCUT2D eigenvalue weighted by Gasteiger charge is -2.05. The zero-order valence-electron chi connectivity index (χ0n) is 16.1. The van der Waals surface area contributed by atoms with Crippen LogP contribution in [0.4, 0.5) is 5.69 Å². The van der Waals surface area contributed by atoms with Crippen molar-refractivity contribution in [2.24, 2.45) is 0 Å². The van der Waals surface area contributed by atoms with Gasteiger partial charge in [-0.15, -0.1) is 11.3 Å². The summed E-state index contributed by atoms with van der Waals surface area (Å²) in [6.07, 6.45) is 3.13. The van der Waals surface area contributed by atoms with Gasteiger partial charge in [0.25, 0.3) is 5.91 Å². The number of ether oxygens (including phenoxy) is 1. The topological polar surface area (TPSA) is 75.0 Å². The van der Waals surface area contributed by atoms with E-state index in [0.717, 1.165) is 16.0 Å². The molecule has 0 atom stereocenters. The lowest BCUT2D eigenvalue weighted by Crippen LogP contribution is -2.13. The van der Waals surface area contributed by atoms with Gasteiger partial charge in [-0.3, -0.25) is 4.79 Å². The highest BCUT2D eigenvalue weighted by atomic mass is 32.1. The predicted octanol–water partition coefficient (Wildman–Crippen LogP) is 5.52. The van der Waals surface area contributed by atoms with E-state index >= 15 is 0 Å². The molecule has 4 rings (SSSR count). The summed E-state index contributed by atoms with van der Waals surface area (Å²) >= 11 is 1.49. The van der Waals surface area contributed by atoms with E-state index in [1.54, 1.807) is 18.2 Å². The number of methoxy groups -OCH3 is 1. The number of nitrogens with one attached hydrogen (secondary N) is 1. The zero-order chi connectivity index (χ0) is 20.9. The van der Waals surface area contributed by atoms with E-state index in [-0.39, 0.29) is 5.57 Å². The van der Waals surface area contributed by atoms with Crippen molar-refractivity contribution in [3.8, 4) is 23.1 Å². The molecule has 5 nitrogen and oxygen atoms in total. The van der Waals surface area contributed by atoms with Gasteiger partial charge < -0.3 is 10.1 Å². The summed E-state index contributed by atoms with van der Waals surface area (Å²) in [5, 5.41) is 16.6. The third-order valence-electron chi connectivity index (χ3n) is 4.57. The Morgan fingerprint density at radius 3 is 2.83 bits per heavy atom. The molecule has 0 saturated heterocycles. The Balaban J connectivity index is 1.60. The molecule has 0 aliphatic carbocycles. The Morgan fingerprint density at radius 1 is 1.17 bits per heavy atom. The first kappa shape index (κ1) is 19.4. The summed E-state index contributed by atoms with van der Waals surface area (Å²) in [4.78, 5) is 17.4. The molecule has 1 amide bonds. The normalized spacial score (nSPS) is 11.1. The van der Waals surface area contributed by atoms with Crippen molar-refractivity contribution in [2.45, 2.75) is 0 Å². The van der Waals surface area contributed by atoms with Crippen LogP contribution in [0.15, 0.2) is 77.8 Å². The van der Waals surface area contributed by atoms with Gasteiger partial charge in [-0.05, 0) is 45.5 Å². The van der Waals surface area contributed by atoms with Gasteiger partial charge in [0.15, 0.2) is 0 Å². The van der Waals surface area contributed by atoms with Crippen LogP contribution in [-0.4, -0.2) is 18.0 Å². The van der Waals surface area contributed by atoms with Crippen molar-refractivity contribution in [1.82, 2.24) is 4.98 Å². The number of aromatic nitrogens is 1. The number of nitriles is 1. The van der Waals surface area contributed by atoms with Crippen LogP contribution in [0.3, 0.4) is 0 Å². The van der Waals surface area contributed by atoms with Gasteiger partial charge in [-0.2, -0.15) is 5.26 Å². The number of hydrogen-bond acceptors (Lipinski definition) is 5. The molecular weight excluding hydrogens is 394 g/mol. The maximum atomic E-state index is 12.5. The lowest BCUT2D eigenvalue weighted by molar-refractivity contribution is -0.112. The van der Waals surface area contributed by atoms with Gasteiger partial charge in [0, 0.05) is 22.8 Å². The van der Waals surface area contributed by atoms with Crippen LogP contribution in [-0.2, 0) is 4.79 Å². The molecule has 0 aliphatic heterocycles. The van der Waals surface area contributed by atoms with E-state index in [4.69, 9.17) is 4.74 Å². The van der Waals surface area contributed by atoms with Crippen LogP contribution in [0, 0.1) is 11.3 Å². The minimum absolute atomic E-state index is 0.0251. The smallest absolute Gasteiger partial charge is 0.266 e. The van der Waals surface area contributed by atoms with Gasteiger partial charge in [0.2, 0.25) is 5.88 Å². The highest BCUT2D eigenvalue weighted by Gasteiger charge is 2.12. The van der Waals surface area contributed by atoms with E-state index in [2.05, 4.69) is 34.6 Å². The third kappa shape index (κ3) is 4.07. The standard InChI is InChI=1S/C24H17N3O2S/c1-29-23-13-19(9-10-26-23)27-24(28)17(14-25)11-20-12-18(15-30-20)22-8-4-6-16-5-2-3-7-21(16)22/h2-13,15H,1H3,(H,26,27,28)/b17-11+. The van der Waals surface area contributed by atoms with Crippen LogP contribution < -0.4 is 10.1 Å². The summed E-state index contributed by atoms with van der Waals surface area (Å²) in [7, 11) is 1.50. The van der Waals surface area contributed by atoms with E-state index in [1.165, 1.54) is 35.4 Å². The van der Waals surface area contributed by atoms with Crippen LogP contribution in [0.1, 0.15) is 4.88 Å². The van der Waals surface area contributed by atoms with Gasteiger partial charge in [-0.25, -0.2) is 4.98 Å². The minimum atomic E-state index is -0.481. The molecule has 0 fully saturated rings. The van der Waals surface area contributed by atoms with Crippen molar-refractivity contribution in [2.75, 3.05) is 12.4 Å². The fourth-order valence-electron chi connectivity index (χ4n) is 3.13. The molecule has 4 aromatic rings. The fourth-order valence-corrected chi connectivity index (χ4v) is 3.97. The molecule has 0 unspecified atom stereocenters. The number of hydrogen-bond donors (Lipinski definition) is 1. The largest absolute Gasteiger partial charge is 0.481 e. The first-order valence-electron chi connectivity index (χ1n) is 9.18. The van der Waals surface area contributed by atoms with Crippen LogP contribution >= 0.6 is 11.3 Å². The van der Waals surface area contributed by atoms with Crippen molar-refractivity contribution in [1.29, 1.82) is 5.26 Å². The number of fused-ring (bicyclic) bond motifs is 1. The Bertz CT molecular complexity index is 1300. The van der Waals surface area contributed by atoms with Crippen LogP contribution in [0.25, 0.3) is 28.0 Å². The highest BCUT2D eigenvalue weighted by Crippen LogP contribution is 2.32. The molecule has 0 radical (unpaired) electrons. The van der Waals surface area contributed by atoms with Gasteiger partial charge in [0.05, 0.1) is 7.11 Å². The summed E-state index contributed by atoms with van der Waals surface area (Å²) in [6, 6.07) is 21.6. The van der Waals surface area contributed by atoms with Crippen molar-refractivity contribution in [3.63, 3.8) is 0 Å². The summed E-state index contributed by atoms with van der Waals surface area (Å²) in [5.41, 5.74) is 2.71. The van der Waals surface area contributed by atoms with Crippen LogP contribution in [0.5, 0.6) is 5.88 Å². The van der Waals surface area contributed by atoms with Gasteiger partial charge >= 0.3 is 0 Å². The Morgan fingerprint density at radius 2 is 2.00 bits per heavy atom. The number of pyridine rings is 1. The number of carbonyl (C=O) groups is 1. The number of anilines is 1. The Kier molecular flexibility index (Phi) is 5.55. The average Bonchev–Trinajstić information content (AvgIpc) is 3.25. The summed E-state index contributed by atoms with van der Waals surface area (Å²) in [5.74, 6) is -0.0980. The molecule has 146 valence electrons. The highest BCUT2D eigenvalue weighted by molar-refractivity contribution is 7.11. The lowest BCUT2D eigenvalue weighted by atomic mass is 10.00. The monoisotopic (exact) mass is 411 g/mol. The number of rotatable bonds is 5. The number of amides is 1. The molecule has 30 heavy (non-hydrogen) atoms. The second kappa shape index (κ2) is 8.60. The molecule has 0 aliphatic rings. The Hall–Kier alpha value is -3.95. The van der Waals surface area contributed by atoms with E-state index in [9.17, 15) is 10.1 Å². The van der Waals surface area contributed by atoms with Gasteiger partial charge in [-0.1, -0.05) is 42.5 Å². The molecule has 1 N–H and O–H groups in total. The number of carbonyl (C=O) groups excluding carboxylic acids is 1. The molecule has 0 bridgehead atoms. The SMILES string of the molecule is COc1cc(NC(=O)/C(C#N)=C/c2cc(-c3cccc4ccccc34)cs2)ccn1. The molecular formula is C24H17N3O2S. The number of thiophene rings is 1. The van der Waals surface area contributed by atoms with Gasteiger partial charge in [0.1, 0.15) is 11.6 Å². The van der Waals surface area contributed by atoms with Crippen molar-refractivity contribution >= 4 is 39.8 Å². The predicted molar refractivity (Wildman–Crippen MR) is 120 cm³/mol. The summed E-state index contributed by atoms with van der Waals surface area (Å²) < 4.78 is 5.05. The first-order chi connectivity index (χ1) is 14.7. The molecule has 0 saturated carbocycles. The number of benzene rings is 2. The van der Waals surface area contributed by atoms with E-state index < -0.39 is 5.91 Å². The quantitative estimate of drug-likeness (QED) is 0.347. The van der Waals surface area contributed by atoms with E-state index in [1.807, 2.05) is 35.7 Å². The summed E-state index contributed by atoms with van der Waals surface area (Å²) in [6.45, 7) is 0. The molecule has 0 spiro atoms. The third-order valence-corrected chi connectivity index (χ3v) is 5.45. The second-order valence-electron chi connectivity index (χ2n) is 6.48. The maximum absolute atomic E-state index is 12.5. The fraction of sp³-hybridized carbons (Fsp3) is 0.0417. The molecule has 6 heteroatoms. The second-order valence-corrected chi connectivity index (χ2v) is 7.42. The Labute approximate surface area is 177 Å². The van der Waals surface area contributed by atoms with Crippen molar-refractivity contribution < 1.29 is 9.53 Å². The average molecular weight is 411 g/mol. The molecule has 2 heterocycles. The zero-order valence-corrected chi connectivity index (χ0v) is 16.9. The van der Waals surface area contributed by atoms with Crippen molar-refractivity contribution in [3.05, 3.63) is 82.7 Å². The maximum Gasteiger partial charge on any atom is 0.266 e. The van der Waals surface area contributed by atoms with Crippen LogP contribution in [0.2, 0.25) is 0 Å². The molecule has 2 aromatic carbocycles. The minimum Gasteiger partial charge on any atom is -0.481 e. The molecule has 2 aromatic heterocycles.